The van der Waals surface area contributed by atoms with Crippen LogP contribution < -0.4 is 4.90 Å². The molecule has 0 aliphatic heterocycles. The number of nitrogens with zero attached hydrogens (tertiary/aromatic N) is 2. The maximum absolute atomic E-state index is 2.52. The Kier molecular flexibility index (Phi) is 7.39. The molecule has 0 radical (unpaired) electrons. The first-order chi connectivity index (χ1) is 27.3. The largest absolute Gasteiger partial charge is 0.309 e. The molecule has 9 aromatic carbocycles. The van der Waals surface area contributed by atoms with Crippen LogP contribution in [0.4, 0.5) is 17.1 Å². The number of benzene rings is 9. The molecule has 55 heavy (non-hydrogen) atoms. The summed E-state index contributed by atoms with van der Waals surface area (Å²) in [5, 5.41) is 7.48. The van der Waals surface area contributed by atoms with Crippen molar-refractivity contribution in [2.75, 3.05) is 4.90 Å². The van der Waals surface area contributed by atoms with Gasteiger partial charge in [0, 0.05) is 37.4 Å². The SMILES string of the molecule is c1ccc(-c2ccccc2N(c2cccc3c2sc2ccccc23)c2cccc3c2c2ccccc2n3-c2ccccc2-c2ccc3ccccc3c2)cc1. The summed E-state index contributed by atoms with van der Waals surface area (Å²) >= 11 is 1.87. The van der Waals surface area contributed by atoms with E-state index < -0.39 is 0 Å². The van der Waals surface area contributed by atoms with E-state index >= 15 is 0 Å². The Hall–Kier alpha value is -6.94. The number of thiophene rings is 1. The van der Waals surface area contributed by atoms with Crippen molar-refractivity contribution in [3.63, 3.8) is 0 Å². The molecule has 0 saturated heterocycles. The highest BCUT2D eigenvalue weighted by Gasteiger charge is 2.25. The standard InChI is InChI=1S/C52H34N2S/c1-2-17-36(18-3-1)39-20-6-10-25-44(39)54(49-30-14-24-42-41-22-9-13-31-50(41)55-52(42)49)48-29-15-28-47-51(48)43-23-8-12-27-46(43)53(47)45-26-11-7-21-40(45)38-33-32-35-16-4-5-19-37(35)34-38/h1-34H. The summed E-state index contributed by atoms with van der Waals surface area (Å²) in [4.78, 5) is 2.52. The molecule has 0 atom stereocenters. The lowest BCUT2D eigenvalue weighted by atomic mass is 9.99. The van der Waals surface area contributed by atoms with Crippen molar-refractivity contribution in [2.45, 2.75) is 0 Å². The van der Waals surface area contributed by atoms with Gasteiger partial charge in [-0.15, -0.1) is 11.3 Å². The quantitative estimate of drug-likeness (QED) is 0.166. The van der Waals surface area contributed by atoms with E-state index in [9.17, 15) is 0 Å². The van der Waals surface area contributed by atoms with E-state index in [1.165, 1.54) is 75.2 Å². The number of fused-ring (bicyclic) bond motifs is 7. The number of rotatable bonds is 6. The second kappa shape index (κ2) is 12.9. The van der Waals surface area contributed by atoms with Crippen molar-refractivity contribution in [1.29, 1.82) is 0 Å². The zero-order valence-corrected chi connectivity index (χ0v) is 30.7. The third kappa shape index (κ3) is 5.09. The molecule has 3 heteroatoms. The van der Waals surface area contributed by atoms with Gasteiger partial charge in [0.25, 0.3) is 0 Å². The smallest absolute Gasteiger partial charge is 0.0640 e. The van der Waals surface area contributed by atoms with Crippen LogP contribution in [-0.2, 0) is 0 Å². The zero-order chi connectivity index (χ0) is 36.3. The first-order valence-corrected chi connectivity index (χ1v) is 19.6. The minimum atomic E-state index is 1.14. The maximum atomic E-state index is 2.52. The highest BCUT2D eigenvalue weighted by atomic mass is 32.1. The molecule has 0 unspecified atom stereocenters. The number of hydrogen-bond acceptors (Lipinski definition) is 2. The van der Waals surface area contributed by atoms with Gasteiger partial charge >= 0.3 is 0 Å². The third-order valence-electron chi connectivity index (χ3n) is 11.0. The minimum absolute atomic E-state index is 1.14. The Bertz CT molecular complexity index is 3220. The molecule has 2 aromatic heterocycles. The third-order valence-corrected chi connectivity index (χ3v) is 12.2. The number of hydrogen-bond donors (Lipinski definition) is 0. The molecule has 2 nitrogen and oxygen atoms in total. The van der Waals surface area contributed by atoms with Crippen LogP contribution in [0.3, 0.4) is 0 Å². The Morgan fingerprint density at radius 2 is 1.02 bits per heavy atom. The molecule has 11 rings (SSSR count). The lowest BCUT2D eigenvalue weighted by molar-refractivity contribution is 1.18. The van der Waals surface area contributed by atoms with E-state index in [1.807, 2.05) is 11.3 Å². The molecule has 0 aliphatic carbocycles. The van der Waals surface area contributed by atoms with Crippen molar-refractivity contribution >= 4 is 81.1 Å². The Balaban J connectivity index is 1.23. The van der Waals surface area contributed by atoms with E-state index in [1.54, 1.807) is 0 Å². The van der Waals surface area contributed by atoms with Crippen molar-refractivity contribution in [1.82, 2.24) is 4.57 Å². The van der Waals surface area contributed by atoms with E-state index in [-0.39, 0.29) is 0 Å². The van der Waals surface area contributed by atoms with Crippen LogP contribution in [0.15, 0.2) is 206 Å². The fourth-order valence-corrected chi connectivity index (χ4v) is 9.75. The molecule has 0 saturated carbocycles. The van der Waals surface area contributed by atoms with Crippen LogP contribution in [-0.4, -0.2) is 4.57 Å². The molecule has 2 heterocycles. The molecule has 11 aromatic rings. The average molecular weight is 719 g/mol. The van der Waals surface area contributed by atoms with Crippen LogP contribution in [0.25, 0.3) is 80.7 Å². The average Bonchev–Trinajstić information content (AvgIpc) is 3.81. The van der Waals surface area contributed by atoms with Crippen molar-refractivity contribution in [3.05, 3.63) is 206 Å². The highest BCUT2D eigenvalue weighted by molar-refractivity contribution is 7.26. The Labute approximate surface area is 323 Å². The first-order valence-electron chi connectivity index (χ1n) is 18.8. The molecular formula is C52H34N2S. The fourth-order valence-electron chi connectivity index (χ4n) is 8.54. The maximum Gasteiger partial charge on any atom is 0.0640 e. The molecule has 0 fully saturated rings. The summed E-state index contributed by atoms with van der Waals surface area (Å²) in [6.07, 6.45) is 0. The summed E-state index contributed by atoms with van der Waals surface area (Å²) in [7, 11) is 0. The Morgan fingerprint density at radius 1 is 0.382 bits per heavy atom. The van der Waals surface area contributed by atoms with Gasteiger partial charge in [0.1, 0.15) is 0 Å². The summed E-state index contributed by atoms with van der Waals surface area (Å²) in [5.74, 6) is 0. The second-order valence-corrected chi connectivity index (χ2v) is 15.1. The fraction of sp³-hybridized carbons (Fsp3) is 0. The lowest BCUT2D eigenvalue weighted by Crippen LogP contribution is -2.12. The monoisotopic (exact) mass is 718 g/mol. The van der Waals surface area contributed by atoms with Crippen molar-refractivity contribution < 1.29 is 0 Å². The van der Waals surface area contributed by atoms with E-state index in [0.717, 1.165) is 22.6 Å². The zero-order valence-electron chi connectivity index (χ0n) is 29.9. The molecule has 258 valence electrons. The summed E-state index contributed by atoms with van der Waals surface area (Å²) < 4.78 is 5.04. The van der Waals surface area contributed by atoms with Gasteiger partial charge in [-0.3, -0.25) is 0 Å². The van der Waals surface area contributed by atoms with E-state index in [4.69, 9.17) is 0 Å². The summed E-state index contributed by atoms with van der Waals surface area (Å²) in [6, 6.07) is 75.2. The van der Waals surface area contributed by atoms with Gasteiger partial charge in [-0.1, -0.05) is 158 Å². The molecule has 0 aliphatic rings. The van der Waals surface area contributed by atoms with Crippen LogP contribution in [0.2, 0.25) is 0 Å². The molecule has 0 amide bonds. The highest BCUT2D eigenvalue weighted by Crippen LogP contribution is 2.50. The first kappa shape index (κ1) is 31.6. The molecule has 0 N–H and O–H groups in total. The predicted octanol–water partition coefficient (Wildman–Crippen LogP) is 15.1. The van der Waals surface area contributed by atoms with E-state index in [0.29, 0.717) is 0 Å². The minimum Gasteiger partial charge on any atom is -0.309 e. The summed E-state index contributed by atoms with van der Waals surface area (Å²) in [5.41, 5.74) is 11.7. The molecular weight excluding hydrogens is 685 g/mol. The van der Waals surface area contributed by atoms with Gasteiger partial charge in [0.2, 0.25) is 0 Å². The van der Waals surface area contributed by atoms with Gasteiger partial charge in [-0.25, -0.2) is 0 Å². The lowest BCUT2D eigenvalue weighted by Gasteiger charge is -2.29. The Morgan fingerprint density at radius 3 is 1.93 bits per heavy atom. The van der Waals surface area contributed by atoms with E-state index in [2.05, 4.69) is 216 Å². The molecule has 0 bridgehead atoms. The van der Waals surface area contributed by atoms with Gasteiger partial charge in [0.15, 0.2) is 0 Å². The second-order valence-electron chi connectivity index (χ2n) is 14.1. The van der Waals surface area contributed by atoms with Crippen molar-refractivity contribution in [3.8, 4) is 27.9 Å². The number of anilines is 3. The topological polar surface area (TPSA) is 8.17 Å². The van der Waals surface area contributed by atoms with Crippen LogP contribution >= 0.6 is 11.3 Å². The summed E-state index contributed by atoms with van der Waals surface area (Å²) in [6.45, 7) is 0. The number of aromatic nitrogens is 1. The molecule has 0 spiro atoms. The van der Waals surface area contributed by atoms with Crippen molar-refractivity contribution in [2.24, 2.45) is 0 Å². The van der Waals surface area contributed by atoms with Crippen LogP contribution in [0.5, 0.6) is 0 Å². The van der Waals surface area contributed by atoms with Gasteiger partial charge in [-0.05, 0) is 70.4 Å². The predicted molar refractivity (Wildman–Crippen MR) is 237 cm³/mol. The van der Waals surface area contributed by atoms with Gasteiger partial charge < -0.3 is 9.47 Å². The van der Waals surface area contributed by atoms with Crippen LogP contribution in [0, 0.1) is 0 Å². The normalized spacial score (nSPS) is 11.6. The number of para-hydroxylation sites is 3. The van der Waals surface area contributed by atoms with Gasteiger partial charge in [0.05, 0.1) is 38.5 Å². The van der Waals surface area contributed by atoms with Gasteiger partial charge in [-0.2, -0.15) is 0 Å². The van der Waals surface area contributed by atoms with Crippen LogP contribution in [0.1, 0.15) is 0 Å².